The van der Waals surface area contributed by atoms with Gasteiger partial charge in [-0.25, -0.2) is 13.1 Å². The lowest BCUT2D eigenvalue weighted by atomic mass is 10.0. The molecule has 2 N–H and O–H groups in total. The van der Waals surface area contributed by atoms with Gasteiger partial charge in [-0.15, -0.1) is 0 Å². The Balaban J connectivity index is 2.11. The number of halogens is 1. The summed E-state index contributed by atoms with van der Waals surface area (Å²) in [5.74, 6) is -0.161. The van der Waals surface area contributed by atoms with E-state index in [-0.39, 0.29) is 17.2 Å². The molecule has 0 heterocycles. The highest BCUT2D eigenvalue weighted by Gasteiger charge is 2.26. The Hall–Kier alpha value is -1.70. The molecular weight excluding hydrogens is 428 g/mol. The van der Waals surface area contributed by atoms with Crippen LogP contribution in [0.1, 0.15) is 38.3 Å². The van der Waals surface area contributed by atoms with Crippen molar-refractivity contribution in [2.24, 2.45) is 0 Å². The summed E-state index contributed by atoms with van der Waals surface area (Å²) in [6.07, 6.45) is 0.769. The largest absolute Gasteiger partial charge is 0.352 e. The minimum absolute atomic E-state index is 0.111. The van der Waals surface area contributed by atoms with Crippen molar-refractivity contribution >= 4 is 31.9 Å². The Kier molecular flexibility index (Phi) is 7.19. The third-order valence-corrected chi connectivity index (χ3v) is 6.97. The summed E-state index contributed by atoms with van der Waals surface area (Å²) in [5, 5.41) is 2.85. The van der Waals surface area contributed by atoms with Gasteiger partial charge in [-0.3, -0.25) is 4.79 Å². The molecule has 5 nitrogen and oxygen atoms in total. The second-order valence-electron chi connectivity index (χ2n) is 7.05. The van der Waals surface area contributed by atoms with Crippen LogP contribution >= 0.6 is 15.9 Å². The molecule has 0 atom stereocenters. The van der Waals surface area contributed by atoms with Gasteiger partial charge in [-0.2, -0.15) is 0 Å². The van der Waals surface area contributed by atoms with E-state index in [2.05, 4.69) is 26.0 Å². The van der Waals surface area contributed by atoms with Crippen LogP contribution in [0.5, 0.6) is 0 Å². The predicted octanol–water partition coefficient (Wildman–Crippen LogP) is 3.77. The van der Waals surface area contributed by atoms with Crippen molar-refractivity contribution in [1.29, 1.82) is 0 Å². The molecule has 0 aromatic heterocycles. The number of rotatable bonds is 8. The smallest absolute Gasteiger partial charge is 0.242 e. The monoisotopic (exact) mass is 452 g/mol. The first-order chi connectivity index (χ1) is 12.6. The fraction of sp³-hybridized carbons (Fsp3) is 0.350. The molecular formula is C20H25BrN2O3S. The highest BCUT2D eigenvalue weighted by molar-refractivity contribution is 9.10. The maximum Gasteiger partial charge on any atom is 0.242 e. The fourth-order valence-electron chi connectivity index (χ4n) is 2.40. The Morgan fingerprint density at radius 1 is 1.07 bits per heavy atom. The minimum atomic E-state index is -3.70. The summed E-state index contributed by atoms with van der Waals surface area (Å²) in [7, 11) is -3.70. The lowest BCUT2D eigenvalue weighted by Gasteiger charge is -2.24. The number of carbonyl (C=O) groups excluding carboxylic acids is 1. The van der Waals surface area contributed by atoms with E-state index in [9.17, 15) is 13.2 Å². The summed E-state index contributed by atoms with van der Waals surface area (Å²) >= 11 is 3.30. The third-order valence-electron chi connectivity index (χ3n) is 4.28. The first-order valence-corrected chi connectivity index (χ1v) is 11.0. The first-order valence-electron chi connectivity index (χ1n) is 8.76. The Bertz CT molecular complexity index is 897. The molecule has 0 radical (unpaired) electrons. The Morgan fingerprint density at radius 3 is 2.37 bits per heavy atom. The standard InChI is InChI=1S/C20H25BrN2O3S/c1-4-20(2,3)23-27(25,26)18-12-16(10-11-17(18)21)13-19(24)22-14-15-8-6-5-7-9-15/h5-12,23H,4,13-14H2,1-3H3,(H,22,24). The number of nitrogens with one attached hydrogen (secondary N) is 2. The van der Waals surface area contributed by atoms with Gasteiger partial charge < -0.3 is 5.32 Å². The summed E-state index contributed by atoms with van der Waals surface area (Å²) in [6, 6.07) is 14.6. The van der Waals surface area contributed by atoms with E-state index in [4.69, 9.17) is 0 Å². The van der Waals surface area contributed by atoms with Crippen LogP contribution in [-0.2, 0) is 27.8 Å². The van der Waals surface area contributed by atoms with Crippen LogP contribution in [0, 0.1) is 0 Å². The van der Waals surface area contributed by atoms with Crippen LogP contribution in [-0.4, -0.2) is 19.9 Å². The zero-order valence-electron chi connectivity index (χ0n) is 15.8. The normalized spacial score (nSPS) is 12.0. The van der Waals surface area contributed by atoms with Gasteiger partial charge in [-0.05, 0) is 59.5 Å². The van der Waals surface area contributed by atoms with E-state index in [0.717, 1.165) is 5.56 Å². The van der Waals surface area contributed by atoms with Crippen molar-refractivity contribution in [2.75, 3.05) is 0 Å². The maximum absolute atomic E-state index is 12.7. The topological polar surface area (TPSA) is 75.3 Å². The molecule has 2 aromatic carbocycles. The van der Waals surface area contributed by atoms with E-state index in [0.29, 0.717) is 23.0 Å². The lowest BCUT2D eigenvalue weighted by Crippen LogP contribution is -2.42. The molecule has 2 rings (SSSR count). The average Bonchev–Trinajstić information content (AvgIpc) is 2.61. The minimum Gasteiger partial charge on any atom is -0.352 e. The molecule has 0 saturated carbocycles. The SMILES string of the molecule is CCC(C)(C)NS(=O)(=O)c1cc(CC(=O)NCc2ccccc2)ccc1Br. The predicted molar refractivity (Wildman–Crippen MR) is 111 cm³/mol. The van der Waals surface area contributed by atoms with Crippen molar-refractivity contribution in [3.63, 3.8) is 0 Å². The molecule has 0 aliphatic heterocycles. The summed E-state index contributed by atoms with van der Waals surface area (Å²) in [5.41, 5.74) is 1.09. The van der Waals surface area contributed by atoms with Gasteiger partial charge in [-0.1, -0.05) is 43.3 Å². The van der Waals surface area contributed by atoms with Gasteiger partial charge in [0.15, 0.2) is 0 Å². The number of sulfonamides is 1. The molecule has 0 saturated heterocycles. The lowest BCUT2D eigenvalue weighted by molar-refractivity contribution is -0.120. The van der Waals surface area contributed by atoms with Crippen LogP contribution < -0.4 is 10.0 Å². The van der Waals surface area contributed by atoms with Crippen LogP contribution in [0.15, 0.2) is 57.9 Å². The van der Waals surface area contributed by atoms with Gasteiger partial charge in [0.05, 0.1) is 11.3 Å². The van der Waals surface area contributed by atoms with Crippen LogP contribution in [0.25, 0.3) is 0 Å². The molecule has 0 bridgehead atoms. The van der Waals surface area contributed by atoms with Crippen molar-refractivity contribution in [2.45, 2.75) is 50.6 Å². The van der Waals surface area contributed by atoms with E-state index in [1.807, 2.05) is 51.1 Å². The molecule has 0 fully saturated rings. The number of hydrogen-bond acceptors (Lipinski definition) is 3. The average molecular weight is 453 g/mol. The second-order valence-corrected chi connectivity index (χ2v) is 9.55. The highest BCUT2D eigenvalue weighted by atomic mass is 79.9. The molecule has 2 aromatic rings. The second kappa shape index (κ2) is 8.99. The number of amides is 1. The van der Waals surface area contributed by atoms with E-state index in [1.165, 1.54) is 0 Å². The summed E-state index contributed by atoms with van der Waals surface area (Å²) in [4.78, 5) is 12.4. The number of carbonyl (C=O) groups is 1. The van der Waals surface area contributed by atoms with Crippen LogP contribution in [0.2, 0.25) is 0 Å². The zero-order chi connectivity index (χ0) is 20.1. The number of hydrogen-bond donors (Lipinski definition) is 2. The number of benzene rings is 2. The molecule has 0 unspecified atom stereocenters. The molecule has 0 spiro atoms. The molecule has 0 aliphatic rings. The Morgan fingerprint density at radius 2 is 1.74 bits per heavy atom. The van der Waals surface area contributed by atoms with Crippen LogP contribution in [0.4, 0.5) is 0 Å². The molecule has 27 heavy (non-hydrogen) atoms. The van der Waals surface area contributed by atoms with Gasteiger partial charge in [0, 0.05) is 16.6 Å². The van der Waals surface area contributed by atoms with Gasteiger partial charge in [0.25, 0.3) is 0 Å². The Labute approximate surface area is 169 Å². The van der Waals surface area contributed by atoms with Crippen molar-refractivity contribution in [3.05, 3.63) is 64.1 Å². The van der Waals surface area contributed by atoms with Gasteiger partial charge in [0.2, 0.25) is 15.9 Å². The van der Waals surface area contributed by atoms with E-state index in [1.54, 1.807) is 18.2 Å². The first kappa shape index (κ1) is 21.6. The third kappa shape index (κ3) is 6.45. The highest BCUT2D eigenvalue weighted by Crippen LogP contribution is 2.25. The molecule has 7 heteroatoms. The van der Waals surface area contributed by atoms with E-state index >= 15 is 0 Å². The van der Waals surface area contributed by atoms with Crippen molar-refractivity contribution in [3.8, 4) is 0 Å². The zero-order valence-corrected chi connectivity index (χ0v) is 18.2. The summed E-state index contributed by atoms with van der Waals surface area (Å²) in [6.45, 7) is 6.03. The van der Waals surface area contributed by atoms with Crippen molar-refractivity contribution < 1.29 is 13.2 Å². The quantitative estimate of drug-likeness (QED) is 0.639. The van der Waals surface area contributed by atoms with Gasteiger partial charge in [0.1, 0.15) is 0 Å². The maximum atomic E-state index is 12.7. The fourth-order valence-corrected chi connectivity index (χ4v) is 4.90. The molecule has 1 amide bonds. The summed E-state index contributed by atoms with van der Waals surface area (Å²) < 4.78 is 28.6. The van der Waals surface area contributed by atoms with Crippen molar-refractivity contribution in [1.82, 2.24) is 10.0 Å². The molecule has 146 valence electrons. The van der Waals surface area contributed by atoms with E-state index < -0.39 is 15.6 Å². The van der Waals surface area contributed by atoms with Gasteiger partial charge >= 0.3 is 0 Å². The molecule has 0 aliphatic carbocycles. The van der Waals surface area contributed by atoms with Crippen LogP contribution in [0.3, 0.4) is 0 Å².